The van der Waals surface area contributed by atoms with Crippen LogP contribution in [0, 0.1) is 0 Å². The fourth-order valence-electron chi connectivity index (χ4n) is 3.84. The molecule has 4 nitrogen and oxygen atoms in total. The van der Waals surface area contributed by atoms with Crippen molar-refractivity contribution in [3.63, 3.8) is 0 Å². The van der Waals surface area contributed by atoms with Crippen LogP contribution in [0.15, 0.2) is 0 Å². The fourth-order valence-corrected chi connectivity index (χ4v) is 4.75. The molecule has 6 heteroatoms. The summed E-state index contributed by atoms with van der Waals surface area (Å²) in [5, 5.41) is 8.02. The Hall–Kier alpha value is 1.51. The number of hydrogen-bond donors (Lipinski definition) is 1. The zero-order chi connectivity index (χ0) is 20.9. The van der Waals surface area contributed by atoms with E-state index in [1.807, 2.05) is 0 Å². The van der Waals surface area contributed by atoms with Gasteiger partial charge in [0, 0.05) is 11.9 Å². The van der Waals surface area contributed by atoms with E-state index in [1.165, 1.54) is 83.5 Å². The standard InChI is InChI=1S/C23H48O4S.K/c1-2-3-4-5-6-7-8-9-10-11-12-13-14-15-16-17-20-23(28(25,26)27)21-18-19-22-24;/h23-24H,2-22H2,1H3,(H,25,26,27);/q;+1/p-1. The van der Waals surface area contributed by atoms with Gasteiger partial charge in [0.25, 0.3) is 0 Å². The van der Waals surface area contributed by atoms with E-state index in [0.29, 0.717) is 25.7 Å². The van der Waals surface area contributed by atoms with E-state index in [4.69, 9.17) is 5.11 Å². The number of rotatable bonds is 22. The molecule has 0 spiro atoms. The van der Waals surface area contributed by atoms with Gasteiger partial charge in [-0.3, -0.25) is 0 Å². The van der Waals surface area contributed by atoms with E-state index in [1.54, 1.807) is 0 Å². The quantitative estimate of drug-likeness (QED) is 0.152. The largest absolute Gasteiger partial charge is 1.00 e. The van der Waals surface area contributed by atoms with Gasteiger partial charge < -0.3 is 9.66 Å². The van der Waals surface area contributed by atoms with Crippen molar-refractivity contribution in [3.05, 3.63) is 0 Å². The molecule has 0 heterocycles. The molecule has 29 heavy (non-hydrogen) atoms. The molecule has 0 fully saturated rings. The molecule has 0 saturated carbocycles. The molecule has 0 aliphatic heterocycles. The molecule has 0 radical (unpaired) electrons. The first-order chi connectivity index (χ1) is 13.5. The van der Waals surface area contributed by atoms with E-state index in [2.05, 4.69) is 6.92 Å². The van der Waals surface area contributed by atoms with Crippen LogP contribution in [-0.4, -0.2) is 29.9 Å². The Labute approximate surface area is 224 Å². The first-order valence-corrected chi connectivity index (χ1v) is 13.5. The summed E-state index contributed by atoms with van der Waals surface area (Å²) in [6, 6.07) is 0. The second kappa shape index (κ2) is 24.2. The predicted octanol–water partition coefficient (Wildman–Crippen LogP) is 3.72. The van der Waals surface area contributed by atoms with Crippen molar-refractivity contribution in [2.24, 2.45) is 0 Å². The van der Waals surface area contributed by atoms with Crippen molar-refractivity contribution in [1.82, 2.24) is 0 Å². The van der Waals surface area contributed by atoms with Gasteiger partial charge in [-0.2, -0.15) is 0 Å². The third kappa shape index (κ3) is 24.0. The molecule has 1 atom stereocenters. The Morgan fingerprint density at radius 3 is 1.24 bits per heavy atom. The summed E-state index contributed by atoms with van der Waals surface area (Å²) in [5.74, 6) is 0. The van der Waals surface area contributed by atoms with Crippen LogP contribution >= 0.6 is 0 Å². The SMILES string of the molecule is CCCCCCCCCCCCCCCCCCC(CCCCO)S(=O)(=O)[O-].[K+]. The monoisotopic (exact) mass is 458 g/mol. The summed E-state index contributed by atoms with van der Waals surface area (Å²) in [7, 11) is -4.20. The zero-order valence-electron chi connectivity index (χ0n) is 19.5. The molecule has 1 N–H and O–H groups in total. The van der Waals surface area contributed by atoms with E-state index in [9.17, 15) is 13.0 Å². The average molecular weight is 459 g/mol. The van der Waals surface area contributed by atoms with Crippen LogP contribution < -0.4 is 51.4 Å². The van der Waals surface area contributed by atoms with Crippen molar-refractivity contribution in [2.45, 2.75) is 141 Å². The molecule has 0 rings (SSSR count). The molecular formula is C23H47KO4S. The van der Waals surface area contributed by atoms with Gasteiger partial charge in [-0.05, 0) is 25.7 Å². The summed E-state index contributed by atoms with van der Waals surface area (Å²) in [6.45, 7) is 2.32. The molecule has 0 saturated heterocycles. The molecule has 0 aromatic rings. The minimum atomic E-state index is -4.20. The normalized spacial score (nSPS) is 12.7. The van der Waals surface area contributed by atoms with E-state index < -0.39 is 15.4 Å². The van der Waals surface area contributed by atoms with Gasteiger partial charge in [0.2, 0.25) is 0 Å². The number of hydrogen-bond acceptors (Lipinski definition) is 4. The van der Waals surface area contributed by atoms with Gasteiger partial charge in [0.05, 0.1) is 10.1 Å². The van der Waals surface area contributed by atoms with Crippen LogP contribution in [0.25, 0.3) is 0 Å². The first kappa shape index (κ1) is 32.7. The average Bonchev–Trinajstić information content (AvgIpc) is 2.65. The Morgan fingerprint density at radius 1 is 0.621 bits per heavy atom. The van der Waals surface area contributed by atoms with Crippen LogP contribution in [-0.2, 0) is 10.1 Å². The van der Waals surface area contributed by atoms with E-state index >= 15 is 0 Å². The van der Waals surface area contributed by atoms with Gasteiger partial charge in [0.15, 0.2) is 0 Å². The minimum Gasteiger partial charge on any atom is -0.748 e. The summed E-state index contributed by atoms with van der Waals surface area (Å²) in [5.41, 5.74) is 0. The molecule has 170 valence electrons. The molecule has 0 aliphatic carbocycles. The van der Waals surface area contributed by atoms with Gasteiger partial charge in [0.1, 0.15) is 0 Å². The van der Waals surface area contributed by atoms with Gasteiger partial charge in [-0.15, -0.1) is 0 Å². The molecular weight excluding hydrogens is 411 g/mol. The predicted molar refractivity (Wildman–Crippen MR) is 119 cm³/mol. The molecule has 0 aliphatic rings. The second-order valence-corrected chi connectivity index (χ2v) is 10.1. The fraction of sp³-hybridized carbons (Fsp3) is 1.00. The smallest absolute Gasteiger partial charge is 0.748 e. The number of aliphatic hydroxyl groups is 1. The zero-order valence-corrected chi connectivity index (χ0v) is 23.4. The van der Waals surface area contributed by atoms with Crippen LogP contribution in [0.1, 0.15) is 135 Å². The first-order valence-electron chi connectivity index (χ1n) is 12.1. The third-order valence-electron chi connectivity index (χ3n) is 5.72. The van der Waals surface area contributed by atoms with Crippen molar-refractivity contribution >= 4 is 10.1 Å². The molecule has 0 amide bonds. The summed E-state index contributed by atoms with van der Waals surface area (Å²) < 4.78 is 33.9. The van der Waals surface area contributed by atoms with Gasteiger partial charge >= 0.3 is 51.4 Å². The molecule has 0 aromatic carbocycles. The van der Waals surface area contributed by atoms with Gasteiger partial charge in [-0.25, -0.2) is 8.42 Å². The van der Waals surface area contributed by atoms with Crippen molar-refractivity contribution in [2.75, 3.05) is 6.61 Å². The maximum Gasteiger partial charge on any atom is 1.00 e. The molecule has 1 unspecified atom stereocenters. The topological polar surface area (TPSA) is 77.4 Å². The van der Waals surface area contributed by atoms with Crippen LogP contribution in [0.5, 0.6) is 0 Å². The van der Waals surface area contributed by atoms with Crippen LogP contribution in [0.2, 0.25) is 0 Å². The van der Waals surface area contributed by atoms with E-state index in [-0.39, 0.29) is 58.0 Å². The minimum absolute atomic E-state index is 0. The summed E-state index contributed by atoms with van der Waals surface area (Å²) in [6.07, 6.45) is 22.7. The Morgan fingerprint density at radius 2 is 0.931 bits per heavy atom. The van der Waals surface area contributed by atoms with Crippen molar-refractivity contribution in [1.29, 1.82) is 0 Å². The number of aliphatic hydroxyl groups excluding tert-OH is 1. The molecule has 0 bridgehead atoms. The summed E-state index contributed by atoms with van der Waals surface area (Å²) in [4.78, 5) is 0. The maximum absolute atomic E-state index is 11.3. The second-order valence-electron chi connectivity index (χ2n) is 8.43. The maximum atomic E-state index is 11.3. The Balaban J connectivity index is 0. The Kier molecular flexibility index (Phi) is 27.2. The van der Waals surface area contributed by atoms with Crippen LogP contribution in [0.4, 0.5) is 0 Å². The van der Waals surface area contributed by atoms with Crippen molar-refractivity contribution < 1.29 is 69.5 Å². The summed E-state index contributed by atoms with van der Waals surface area (Å²) >= 11 is 0. The van der Waals surface area contributed by atoms with Crippen molar-refractivity contribution in [3.8, 4) is 0 Å². The van der Waals surface area contributed by atoms with E-state index in [0.717, 1.165) is 19.3 Å². The van der Waals surface area contributed by atoms with Crippen LogP contribution in [0.3, 0.4) is 0 Å². The van der Waals surface area contributed by atoms with Gasteiger partial charge in [-0.1, -0.05) is 110 Å². The number of unbranched alkanes of at least 4 members (excludes halogenated alkanes) is 16. The Bertz CT molecular complexity index is 415. The molecule has 0 aromatic heterocycles. The third-order valence-corrected chi connectivity index (χ3v) is 7.01.